The normalized spacial score (nSPS) is 13.1. The first-order chi connectivity index (χ1) is 6.29. The number of benzene rings is 1. The van der Waals surface area contributed by atoms with Gasteiger partial charge in [-0.05, 0) is 0 Å². The van der Waals surface area contributed by atoms with Crippen LogP contribution < -0.4 is 5.44 Å². The SMILES string of the molecule is OP(Cl)c1nncc2ccccc12. The van der Waals surface area contributed by atoms with Gasteiger partial charge in [0.1, 0.15) is 5.44 Å². The van der Waals surface area contributed by atoms with Crippen molar-refractivity contribution in [2.45, 2.75) is 0 Å². The van der Waals surface area contributed by atoms with Crippen LogP contribution in [0.1, 0.15) is 0 Å². The van der Waals surface area contributed by atoms with Gasteiger partial charge in [0.05, 0.1) is 6.20 Å². The average molecular weight is 213 g/mol. The molecule has 2 rings (SSSR count). The smallest absolute Gasteiger partial charge is 0.176 e. The van der Waals surface area contributed by atoms with E-state index in [2.05, 4.69) is 10.2 Å². The maximum Gasteiger partial charge on any atom is 0.176 e. The van der Waals surface area contributed by atoms with E-state index in [1.807, 2.05) is 24.3 Å². The van der Waals surface area contributed by atoms with Gasteiger partial charge in [-0.3, -0.25) is 0 Å². The molecule has 0 saturated heterocycles. The van der Waals surface area contributed by atoms with Crippen LogP contribution in [0.15, 0.2) is 30.5 Å². The van der Waals surface area contributed by atoms with E-state index in [1.165, 1.54) is 0 Å². The van der Waals surface area contributed by atoms with Crippen molar-refractivity contribution in [1.29, 1.82) is 0 Å². The van der Waals surface area contributed by atoms with Crippen molar-refractivity contribution < 1.29 is 4.89 Å². The molecule has 2 aromatic rings. The third kappa shape index (κ3) is 1.63. The number of nitrogens with zero attached hydrogens (tertiary/aromatic N) is 2. The van der Waals surface area contributed by atoms with Crippen LogP contribution in [0.4, 0.5) is 0 Å². The zero-order chi connectivity index (χ0) is 9.26. The zero-order valence-electron chi connectivity index (χ0n) is 6.55. The molecular formula is C8H6ClN2OP. The first-order valence-electron chi connectivity index (χ1n) is 3.64. The molecule has 1 atom stereocenters. The van der Waals surface area contributed by atoms with E-state index < -0.39 is 7.50 Å². The first-order valence-corrected chi connectivity index (χ1v) is 5.84. The Morgan fingerprint density at radius 2 is 2.08 bits per heavy atom. The van der Waals surface area contributed by atoms with E-state index >= 15 is 0 Å². The molecule has 5 heteroatoms. The van der Waals surface area contributed by atoms with Gasteiger partial charge in [0, 0.05) is 10.8 Å². The topological polar surface area (TPSA) is 46.0 Å². The van der Waals surface area contributed by atoms with Crippen molar-refractivity contribution in [3.05, 3.63) is 30.5 Å². The van der Waals surface area contributed by atoms with Gasteiger partial charge < -0.3 is 4.89 Å². The third-order valence-electron chi connectivity index (χ3n) is 1.73. The largest absolute Gasteiger partial charge is 0.355 e. The molecule has 0 aliphatic heterocycles. The molecular weight excluding hydrogens is 207 g/mol. The standard InChI is InChI=1S/C8H6ClN2OP/c9-13(12)8-7-4-2-1-3-6(7)5-10-11-8/h1-5,12H. The van der Waals surface area contributed by atoms with E-state index in [0.717, 1.165) is 10.8 Å². The van der Waals surface area contributed by atoms with Crippen molar-refractivity contribution in [1.82, 2.24) is 10.2 Å². The summed E-state index contributed by atoms with van der Waals surface area (Å²) in [5.41, 5.74) is 0.467. The van der Waals surface area contributed by atoms with Crippen molar-refractivity contribution in [3.8, 4) is 0 Å². The van der Waals surface area contributed by atoms with Gasteiger partial charge >= 0.3 is 0 Å². The molecule has 13 heavy (non-hydrogen) atoms. The summed E-state index contributed by atoms with van der Waals surface area (Å²) in [6.07, 6.45) is 1.65. The lowest BCUT2D eigenvalue weighted by Crippen LogP contribution is -2.06. The van der Waals surface area contributed by atoms with Crippen molar-refractivity contribution in [3.63, 3.8) is 0 Å². The fourth-order valence-electron chi connectivity index (χ4n) is 1.15. The molecule has 0 bridgehead atoms. The summed E-state index contributed by atoms with van der Waals surface area (Å²) in [4.78, 5) is 9.25. The predicted octanol–water partition coefficient (Wildman–Crippen LogP) is 1.80. The maximum atomic E-state index is 9.25. The highest BCUT2D eigenvalue weighted by molar-refractivity contribution is 7.85. The van der Waals surface area contributed by atoms with Gasteiger partial charge in [0.2, 0.25) is 0 Å². The Kier molecular flexibility index (Phi) is 2.40. The molecule has 1 aromatic carbocycles. The van der Waals surface area contributed by atoms with Gasteiger partial charge in [-0.25, -0.2) is 0 Å². The number of halogens is 1. The minimum atomic E-state index is -1.70. The lowest BCUT2D eigenvalue weighted by atomic mass is 10.2. The molecule has 0 radical (unpaired) electrons. The summed E-state index contributed by atoms with van der Waals surface area (Å²) in [5.74, 6) is 0. The van der Waals surface area contributed by atoms with Crippen LogP contribution in [0.2, 0.25) is 0 Å². The minimum absolute atomic E-state index is 0.467. The van der Waals surface area contributed by atoms with E-state index in [-0.39, 0.29) is 0 Å². The van der Waals surface area contributed by atoms with Crippen LogP contribution in [0, 0.1) is 0 Å². The highest BCUT2D eigenvalue weighted by atomic mass is 35.7. The molecule has 0 amide bonds. The molecule has 0 saturated carbocycles. The molecule has 1 N–H and O–H groups in total. The molecule has 0 fully saturated rings. The molecule has 3 nitrogen and oxygen atoms in total. The zero-order valence-corrected chi connectivity index (χ0v) is 8.20. The van der Waals surface area contributed by atoms with Gasteiger partial charge in [-0.1, -0.05) is 35.5 Å². The summed E-state index contributed by atoms with van der Waals surface area (Å²) in [6, 6.07) is 7.56. The van der Waals surface area contributed by atoms with Gasteiger partial charge in [0.15, 0.2) is 7.50 Å². The van der Waals surface area contributed by atoms with Crippen molar-refractivity contribution in [2.24, 2.45) is 0 Å². The monoisotopic (exact) mass is 212 g/mol. The average Bonchev–Trinajstić information content (AvgIpc) is 2.17. The molecule has 0 aliphatic carbocycles. The summed E-state index contributed by atoms with van der Waals surface area (Å²) in [5, 5.41) is 9.36. The van der Waals surface area contributed by atoms with Gasteiger partial charge in [-0.2, -0.15) is 5.10 Å². The van der Waals surface area contributed by atoms with Crippen LogP contribution in [-0.2, 0) is 0 Å². The molecule has 66 valence electrons. The van der Waals surface area contributed by atoms with Gasteiger partial charge in [0.25, 0.3) is 0 Å². The van der Waals surface area contributed by atoms with E-state index in [1.54, 1.807) is 6.20 Å². The van der Waals surface area contributed by atoms with E-state index in [0.29, 0.717) is 5.44 Å². The molecule has 0 aliphatic rings. The quantitative estimate of drug-likeness (QED) is 0.734. The van der Waals surface area contributed by atoms with E-state index in [9.17, 15) is 4.89 Å². The van der Waals surface area contributed by atoms with E-state index in [4.69, 9.17) is 11.2 Å². The number of hydrogen-bond acceptors (Lipinski definition) is 3. The Morgan fingerprint density at radius 3 is 2.85 bits per heavy atom. The molecule has 1 aromatic heterocycles. The fraction of sp³-hybridized carbons (Fsp3) is 0. The number of fused-ring (bicyclic) bond motifs is 1. The number of rotatable bonds is 1. The van der Waals surface area contributed by atoms with Gasteiger partial charge in [-0.15, -0.1) is 5.10 Å². The third-order valence-corrected chi connectivity index (χ3v) is 2.89. The van der Waals surface area contributed by atoms with Crippen LogP contribution in [0.25, 0.3) is 10.8 Å². The predicted molar refractivity (Wildman–Crippen MR) is 54.2 cm³/mol. The first kappa shape index (κ1) is 8.82. The number of hydrogen-bond donors (Lipinski definition) is 1. The second-order valence-corrected chi connectivity index (χ2v) is 4.42. The Morgan fingerprint density at radius 1 is 1.31 bits per heavy atom. The van der Waals surface area contributed by atoms with Crippen molar-refractivity contribution >= 4 is 34.9 Å². The highest BCUT2D eigenvalue weighted by Gasteiger charge is 2.10. The summed E-state index contributed by atoms with van der Waals surface area (Å²) >= 11 is 5.60. The lowest BCUT2D eigenvalue weighted by Gasteiger charge is -2.03. The van der Waals surface area contributed by atoms with Crippen LogP contribution in [0.3, 0.4) is 0 Å². The summed E-state index contributed by atoms with van der Waals surface area (Å²) in [7, 11) is -1.70. The number of aromatic nitrogens is 2. The second-order valence-electron chi connectivity index (χ2n) is 2.52. The molecule has 0 spiro atoms. The Balaban J connectivity index is 2.76. The summed E-state index contributed by atoms with van der Waals surface area (Å²) < 4.78 is 0. The van der Waals surface area contributed by atoms with Crippen LogP contribution in [0.5, 0.6) is 0 Å². The minimum Gasteiger partial charge on any atom is -0.355 e. The van der Waals surface area contributed by atoms with Crippen LogP contribution >= 0.6 is 18.7 Å². The lowest BCUT2D eigenvalue weighted by molar-refractivity contribution is 0.648. The van der Waals surface area contributed by atoms with Crippen molar-refractivity contribution in [2.75, 3.05) is 0 Å². The second kappa shape index (κ2) is 3.54. The molecule has 1 unspecified atom stereocenters. The Hall–Kier alpha value is -0.760. The van der Waals surface area contributed by atoms with Crippen LogP contribution in [-0.4, -0.2) is 15.1 Å². The molecule has 1 heterocycles. The fourth-order valence-corrected chi connectivity index (χ4v) is 2.05. The Labute approximate surface area is 81.0 Å². The maximum absolute atomic E-state index is 9.25. The highest BCUT2D eigenvalue weighted by Crippen LogP contribution is 2.35. The summed E-state index contributed by atoms with van der Waals surface area (Å²) in [6.45, 7) is 0. The Bertz CT molecular complexity index is 430.